The van der Waals surface area contributed by atoms with Gasteiger partial charge in [-0.05, 0) is 31.4 Å². The minimum Gasteiger partial charge on any atom is -0.354 e. The zero-order valence-electron chi connectivity index (χ0n) is 11.4. The average Bonchev–Trinajstić information content (AvgIpc) is 3.24. The number of piperidine rings is 1. The lowest BCUT2D eigenvalue weighted by Crippen LogP contribution is -2.51. The Kier molecular flexibility index (Phi) is 3.77. The predicted octanol–water partition coefficient (Wildman–Crippen LogP) is 2.77. The molecule has 0 amide bonds. The lowest BCUT2D eigenvalue weighted by Gasteiger charge is -2.36. The number of nitrogens with zero attached hydrogens (tertiary/aromatic N) is 2. The van der Waals surface area contributed by atoms with Gasteiger partial charge in [-0.2, -0.15) is 13.2 Å². The second-order valence-corrected chi connectivity index (χ2v) is 5.70. The van der Waals surface area contributed by atoms with E-state index in [9.17, 15) is 17.6 Å². The van der Waals surface area contributed by atoms with E-state index in [0.29, 0.717) is 24.8 Å². The largest absolute Gasteiger partial charge is 0.417 e. The number of pyridine rings is 1. The van der Waals surface area contributed by atoms with Crippen molar-refractivity contribution in [2.75, 3.05) is 18.0 Å². The van der Waals surface area contributed by atoms with Crippen molar-refractivity contribution >= 4 is 5.82 Å². The number of hydrogen-bond donors (Lipinski definition) is 1. The number of halogens is 4. The number of alkyl halides is 4. The van der Waals surface area contributed by atoms with E-state index in [0.717, 1.165) is 25.1 Å². The van der Waals surface area contributed by atoms with Crippen LogP contribution >= 0.6 is 0 Å². The molecule has 21 heavy (non-hydrogen) atoms. The van der Waals surface area contributed by atoms with Crippen LogP contribution in [0.5, 0.6) is 0 Å². The molecule has 3 nitrogen and oxygen atoms in total. The van der Waals surface area contributed by atoms with Crippen LogP contribution in [0.15, 0.2) is 18.3 Å². The van der Waals surface area contributed by atoms with Crippen LogP contribution in [0.3, 0.4) is 0 Å². The Balaban J connectivity index is 1.62. The Morgan fingerprint density at radius 1 is 1.19 bits per heavy atom. The third-order valence-corrected chi connectivity index (χ3v) is 3.97. The van der Waals surface area contributed by atoms with Crippen molar-refractivity contribution in [2.24, 2.45) is 0 Å². The summed E-state index contributed by atoms with van der Waals surface area (Å²) in [7, 11) is 0. The molecule has 3 rings (SSSR count). The Morgan fingerprint density at radius 2 is 1.95 bits per heavy atom. The van der Waals surface area contributed by atoms with E-state index >= 15 is 0 Å². The first-order valence-electron chi connectivity index (χ1n) is 7.12. The van der Waals surface area contributed by atoms with Crippen LogP contribution in [-0.2, 0) is 6.18 Å². The molecule has 1 N–H and O–H groups in total. The van der Waals surface area contributed by atoms with Gasteiger partial charge in [-0.1, -0.05) is 0 Å². The van der Waals surface area contributed by atoms with Gasteiger partial charge in [0.2, 0.25) is 0 Å². The smallest absolute Gasteiger partial charge is 0.354 e. The number of rotatable bonds is 3. The van der Waals surface area contributed by atoms with Crippen molar-refractivity contribution in [1.82, 2.24) is 10.3 Å². The molecule has 2 aliphatic rings. The summed E-state index contributed by atoms with van der Waals surface area (Å²) >= 11 is 0. The molecule has 116 valence electrons. The van der Waals surface area contributed by atoms with Gasteiger partial charge >= 0.3 is 6.18 Å². The van der Waals surface area contributed by atoms with Crippen molar-refractivity contribution in [1.29, 1.82) is 0 Å². The maximum atomic E-state index is 14.1. The molecule has 0 aromatic carbocycles. The summed E-state index contributed by atoms with van der Waals surface area (Å²) in [6, 6.07) is 2.60. The van der Waals surface area contributed by atoms with Gasteiger partial charge in [-0.15, -0.1) is 0 Å². The van der Waals surface area contributed by atoms with Gasteiger partial charge in [-0.3, -0.25) is 0 Å². The Labute approximate surface area is 120 Å². The normalized spacial score (nSPS) is 27.0. The molecule has 0 unspecified atom stereocenters. The average molecular weight is 303 g/mol. The quantitative estimate of drug-likeness (QED) is 0.870. The second kappa shape index (κ2) is 5.44. The summed E-state index contributed by atoms with van der Waals surface area (Å²) in [5.41, 5.74) is -0.784. The van der Waals surface area contributed by atoms with E-state index in [4.69, 9.17) is 0 Å². The number of nitrogens with one attached hydrogen (secondary N) is 1. The van der Waals surface area contributed by atoms with Crippen molar-refractivity contribution in [3.63, 3.8) is 0 Å². The summed E-state index contributed by atoms with van der Waals surface area (Å²) in [6.07, 6.45) is -1.77. The van der Waals surface area contributed by atoms with Crippen LogP contribution in [0.2, 0.25) is 0 Å². The molecule has 1 saturated carbocycles. The topological polar surface area (TPSA) is 28.2 Å². The number of hydrogen-bond acceptors (Lipinski definition) is 3. The van der Waals surface area contributed by atoms with E-state index in [1.54, 1.807) is 4.90 Å². The fourth-order valence-electron chi connectivity index (χ4n) is 2.59. The van der Waals surface area contributed by atoms with Crippen LogP contribution in [0, 0.1) is 0 Å². The Hall–Kier alpha value is -1.37. The highest BCUT2D eigenvalue weighted by Crippen LogP contribution is 2.30. The third-order valence-electron chi connectivity index (χ3n) is 3.97. The first-order chi connectivity index (χ1) is 9.93. The Bertz CT molecular complexity index is 484. The van der Waals surface area contributed by atoms with E-state index in [2.05, 4.69) is 10.3 Å². The molecule has 2 fully saturated rings. The minimum absolute atomic E-state index is 0.150. The van der Waals surface area contributed by atoms with Crippen LogP contribution in [-0.4, -0.2) is 36.3 Å². The van der Waals surface area contributed by atoms with Gasteiger partial charge in [0.25, 0.3) is 0 Å². The van der Waals surface area contributed by atoms with Crippen LogP contribution in [0.25, 0.3) is 0 Å². The molecule has 1 aliphatic heterocycles. The summed E-state index contributed by atoms with van der Waals surface area (Å²) in [4.78, 5) is 5.52. The molecule has 1 aliphatic carbocycles. The zero-order valence-corrected chi connectivity index (χ0v) is 11.4. The fourth-order valence-corrected chi connectivity index (χ4v) is 2.59. The predicted molar refractivity (Wildman–Crippen MR) is 70.9 cm³/mol. The maximum Gasteiger partial charge on any atom is 0.417 e. The van der Waals surface area contributed by atoms with Gasteiger partial charge in [0.1, 0.15) is 12.0 Å². The van der Waals surface area contributed by atoms with Crippen LogP contribution in [0.1, 0.15) is 24.8 Å². The van der Waals surface area contributed by atoms with Crippen molar-refractivity contribution in [2.45, 2.75) is 43.7 Å². The molecule has 0 spiro atoms. The molecular weight excluding hydrogens is 286 g/mol. The molecular formula is C14H17F4N3. The standard InChI is InChI=1S/C14H17F4N3/c15-11-8-21(6-5-12(11)20-10-2-3-10)13-4-1-9(7-19-13)14(16,17)18/h1,4,7,10-12,20H,2-3,5-6,8H2/t11-,12+/m1/s1. The molecule has 2 heterocycles. The van der Waals surface area contributed by atoms with Crippen molar-refractivity contribution in [3.05, 3.63) is 23.9 Å². The molecule has 0 radical (unpaired) electrons. The summed E-state index contributed by atoms with van der Waals surface area (Å²) in [6.45, 7) is 0.770. The molecule has 0 bridgehead atoms. The number of aromatic nitrogens is 1. The molecule has 1 aromatic rings. The first kappa shape index (κ1) is 14.6. The molecule has 7 heteroatoms. The molecule has 2 atom stereocenters. The second-order valence-electron chi connectivity index (χ2n) is 5.70. The monoisotopic (exact) mass is 303 g/mol. The highest BCUT2D eigenvalue weighted by molar-refractivity contribution is 5.40. The molecule has 1 saturated heterocycles. The van der Waals surface area contributed by atoms with Gasteiger partial charge < -0.3 is 10.2 Å². The van der Waals surface area contributed by atoms with Gasteiger partial charge in [-0.25, -0.2) is 9.37 Å². The summed E-state index contributed by atoms with van der Waals surface area (Å²) < 4.78 is 51.6. The summed E-state index contributed by atoms with van der Waals surface area (Å²) in [5.74, 6) is 0.399. The van der Waals surface area contributed by atoms with Gasteiger partial charge in [0.05, 0.1) is 12.1 Å². The Morgan fingerprint density at radius 3 is 2.48 bits per heavy atom. The lowest BCUT2D eigenvalue weighted by molar-refractivity contribution is -0.137. The lowest BCUT2D eigenvalue weighted by atomic mass is 10.0. The van der Waals surface area contributed by atoms with E-state index in [1.165, 1.54) is 6.07 Å². The van der Waals surface area contributed by atoms with E-state index in [1.807, 2.05) is 0 Å². The van der Waals surface area contributed by atoms with E-state index in [-0.39, 0.29) is 12.6 Å². The third kappa shape index (κ3) is 3.45. The first-order valence-corrected chi connectivity index (χ1v) is 7.12. The fraction of sp³-hybridized carbons (Fsp3) is 0.643. The zero-order chi connectivity index (χ0) is 15.0. The SMILES string of the molecule is F[C@@H]1CN(c2ccc(C(F)(F)F)cn2)CC[C@@H]1NC1CC1. The van der Waals surface area contributed by atoms with Crippen LogP contribution < -0.4 is 10.2 Å². The molecule has 1 aromatic heterocycles. The highest BCUT2D eigenvalue weighted by atomic mass is 19.4. The minimum atomic E-state index is -4.39. The van der Waals surface area contributed by atoms with E-state index < -0.39 is 17.9 Å². The van der Waals surface area contributed by atoms with Crippen LogP contribution in [0.4, 0.5) is 23.4 Å². The van der Waals surface area contributed by atoms with Gasteiger partial charge in [0.15, 0.2) is 0 Å². The van der Waals surface area contributed by atoms with Crippen molar-refractivity contribution in [3.8, 4) is 0 Å². The number of anilines is 1. The van der Waals surface area contributed by atoms with Gasteiger partial charge in [0, 0.05) is 24.8 Å². The maximum absolute atomic E-state index is 14.1. The highest BCUT2D eigenvalue weighted by Gasteiger charge is 2.34. The van der Waals surface area contributed by atoms with Crippen molar-refractivity contribution < 1.29 is 17.6 Å². The summed E-state index contributed by atoms with van der Waals surface area (Å²) in [5, 5.41) is 3.27.